The van der Waals surface area contributed by atoms with Crippen LogP contribution in [0, 0.1) is 0 Å². The summed E-state index contributed by atoms with van der Waals surface area (Å²) in [4.78, 5) is 11.9. The van der Waals surface area contributed by atoms with Crippen molar-refractivity contribution in [3.8, 4) is 0 Å². The second-order valence-electron chi connectivity index (χ2n) is 4.84. The number of Topliss-reactive ketones (excluding diaryl/α,β-unsaturated/α-hetero) is 1. The Balaban J connectivity index is 1.83. The van der Waals surface area contributed by atoms with Crippen LogP contribution in [0.15, 0.2) is 35.1 Å². The molecule has 1 unspecified atom stereocenters. The first-order valence-electron chi connectivity index (χ1n) is 6.77. The second-order valence-corrected chi connectivity index (χ2v) is 4.84. The Morgan fingerprint density at radius 3 is 3.00 bits per heavy atom. The van der Waals surface area contributed by atoms with Gasteiger partial charge in [0, 0.05) is 25.1 Å². The van der Waals surface area contributed by atoms with E-state index in [0.29, 0.717) is 25.3 Å². The van der Waals surface area contributed by atoms with Gasteiger partial charge >= 0.3 is 0 Å². The van der Waals surface area contributed by atoms with E-state index < -0.39 is 0 Å². The summed E-state index contributed by atoms with van der Waals surface area (Å²) in [6, 6.07) is 6.04. The summed E-state index contributed by atoms with van der Waals surface area (Å²) < 4.78 is 7.14. The first kappa shape index (κ1) is 13.6. The molecule has 2 rings (SSSR count). The lowest BCUT2D eigenvalue weighted by atomic mass is 10.1. The molecule has 0 spiro atoms. The van der Waals surface area contributed by atoms with Crippen LogP contribution in [-0.4, -0.2) is 15.6 Å². The van der Waals surface area contributed by atoms with Gasteiger partial charge in [-0.2, -0.15) is 5.10 Å². The van der Waals surface area contributed by atoms with Crippen molar-refractivity contribution in [2.75, 3.05) is 0 Å². The third-order valence-corrected chi connectivity index (χ3v) is 3.31. The van der Waals surface area contributed by atoms with Crippen LogP contribution in [0.3, 0.4) is 0 Å². The first-order chi connectivity index (χ1) is 9.19. The minimum atomic E-state index is 0.200. The molecule has 2 aromatic heterocycles. The quantitative estimate of drug-likeness (QED) is 0.768. The number of carbonyl (C=O) groups is 1. The van der Waals surface area contributed by atoms with Gasteiger partial charge in [0.15, 0.2) is 0 Å². The fourth-order valence-corrected chi connectivity index (χ4v) is 1.91. The molecule has 1 atom stereocenters. The summed E-state index contributed by atoms with van der Waals surface area (Å²) in [5.74, 6) is 1.06. The number of hydrogen-bond acceptors (Lipinski definition) is 3. The van der Waals surface area contributed by atoms with Crippen molar-refractivity contribution in [1.82, 2.24) is 9.78 Å². The van der Waals surface area contributed by atoms with E-state index in [1.807, 2.05) is 29.1 Å². The van der Waals surface area contributed by atoms with Gasteiger partial charge in [-0.15, -0.1) is 0 Å². The molecular formula is C15H20N2O2. The maximum absolute atomic E-state index is 11.9. The third kappa shape index (κ3) is 3.81. The number of furan rings is 1. The van der Waals surface area contributed by atoms with Crippen molar-refractivity contribution in [3.05, 3.63) is 42.1 Å². The molecule has 0 aliphatic heterocycles. The van der Waals surface area contributed by atoms with E-state index >= 15 is 0 Å². The maximum atomic E-state index is 11.9. The van der Waals surface area contributed by atoms with E-state index in [1.54, 1.807) is 6.26 Å². The highest BCUT2D eigenvalue weighted by Crippen LogP contribution is 2.11. The standard InChI is InChI=1S/C15H20N2O2/c1-3-12(2)17-9-8-13(16-17)11-14(18)6-7-15-5-4-10-19-15/h4-5,8-10,12H,3,6-7,11H2,1-2H3. The van der Waals surface area contributed by atoms with Crippen LogP contribution in [0.25, 0.3) is 0 Å². The molecule has 0 N–H and O–H groups in total. The Bertz CT molecular complexity index is 514. The van der Waals surface area contributed by atoms with Crippen LogP contribution in [-0.2, 0) is 17.6 Å². The normalized spacial score (nSPS) is 12.5. The van der Waals surface area contributed by atoms with E-state index in [1.165, 1.54) is 0 Å². The van der Waals surface area contributed by atoms with Crippen molar-refractivity contribution in [2.24, 2.45) is 0 Å². The summed E-state index contributed by atoms with van der Waals surface area (Å²) in [6.45, 7) is 4.25. The second kappa shape index (κ2) is 6.36. The van der Waals surface area contributed by atoms with E-state index in [0.717, 1.165) is 17.9 Å². The summed E-state index contributed by atoms with van der Waals surface area (Å²) >= 11 is 0. The number of rotatable bonds is 7. The lowest BCUT2D eigenvalue weighted by Gasteiger charge is -2.07. The van der Waals surface area contributed by atoms with Gasteiger partial charge in [0.2, 0.25) is 0 Å². The van der Waals surface area contributed by atoms with Crippen LogP contribution in [0.1, 0.15) is 44.2 Å². The molecule has 19 heavy (non-hydrogen) atoms. The SMILES string of the molecule is CCC(C)n1ccc(CC(=O)CCc2ccco2)n1. The zero-order valence-electron chi connectivity index (χ0n) is 11.5. The number of aromatic nitrogens is 2. The Morgan fingerprint density at radius 1 is 1.47 bits per heavy atom. The molecule has 0 amide bonds. The molecule has 0 saturated heterocycles. The highest BCUT2D eigenvalue weighted by molar-refractivity contribution is 5.80. The van der Waals surface area contributed by atoms with Crippen molar-refractivity contribution in [1.29, 1.82) is 0 Å². The zero-order valence-corrected chi connectivity index (χ0v) is 11.5. The van der Waals surface area contributed by atoms with Crippen molar-refractivity contribution < 1.29 is 9.21 Å². The minimum Gasteiger partial charge on any atom is -0.469 e. The van der Waals surface area contributed by atoms with Crippen LogP contribution < -0.4 is 0 Å². The number of hydrogen-bond donors (Lipinski definition) is 0. The van der Waals surface area contributed by atoms with Crippen LogP contribution in [0.2, 0.25) is 0 Å². The van der Waals surface area contributed by atoms with Gasteiger partial charge in [0.05, 0.1) is 18.4 Å². The van der Waals surface area contributed by atoms with E-state index in [-0.39, 0.29) is 5.78 Å². The van der Waals surface area contributed by atoms with Gasteiger partial charge in [-0.25, -0.2) is 0 Å². The minimum absolute atomic E-state index is 0.200. The molecule has 4 heteroatoms. The fraction of sp³-hybridized carbons (Fsp3) is 0.467. The Hall–Kier alpha value is -1.84. The van der Waals surface area contributed by atoms with Crippen LogP contribution >= 0.6 is 0 Å². The predicted molar refractivity (Wildman–Crippen MR) is 73.0 cm³/mol. The number of ketones is 1. The zero-order chi connectivity index (χ0) is 13.7. The van der Waals surface area contributed by atoms with Crippen molar-refractivity contribution >= 4 is 5.78 Å². The number of carbonyl (C=O) groups excluding carboxylic acids is 1. The predicted octanol–water partition coefficient (Wildman–Crippen LogP) is 3.19. The molecule has 2 heterocycles. The van der Waals surface area contributed by atoms with Crippen LogP contribution in [0.4, 0.5) is 0 Å². The lowest BCUT2D eigenvalue weighted by molar-refractivity contribution is -0.118. The highest BCUT2D eigenvalue weighted by atomic mass is 16.3. The van der Waals surface area contributed by atoms with E-state index in [2.05, 4.69) is 18.9 Å². The van der Waals surface area contributed by atoms with Gasteiger partial charge in [0.1, 0.15) is 11.5 Å². The fourth-order valence-electron chi connectivity index (χ4n) is 1.91. The maximum Gasteiger partial charge on any atom is 0.139 e. The molecular weight excluding hydrogens is 240 g/mol. The smallest absolute Gasteiger partial charge is 0.139 e. The van der Waals surface area contributed by atoms with E-state index in [9.17, 15) is 4.79 Å². The Kier molecular flexibility index (Phi) is 4.55. The average molecular weight is 260 g/mol. The van der Waals surface area contributed by atoms with Gasteiger partial charge < -0.3 is 4.42 Å². The number of nitrogens with zero attached hydrogens (tertiary/aromatic N) is 2. The molecule has 0 aromatic carbocycles. The van der Waals surface area contributed by atoms with Gasteiger partial charge in [-0.3, -0.25) is 9.48 Å². The largest absolute Gasteiger partial charge is 0.469 e. The monoisotopic (exact) mass is 260 g/mol. The highest BCUT2D eigenvalue weighted by Gasteiger charge is 2.09. The molecule has 0 aliphatic carbocycles. The van der Waals surface area contributed by atoms with Crippen LogP contribution in [0.5, 0.6) is 0 Å². The Labute approximate surface area is 113 Å². The molecule has 4 nitrogen and oxygen atoms in total. The average Bonchev–Trinajstić information content (AvgIpc) is 3.06. The topological polar surface area (TPSA) is 48.0 Å². The molecule has 0 radical (unpaired) electrons. The molecule has 0 bridgehead atoms. The molecule has 0 aliphatic rings. The summed E-state index contributed by atoms with van der Waals surface area (Å²) in [5.41, 5.74) is 0.852. The summed E-state index contributed by atoms with van der Waals surface area (Å²) in [5, 5.41) is 4.44. The summed E-state index contributed by atoms with van der Waals surface area (Å²) in [6.07, 6.45) is 6.19. The van der Waals surface area contributed by atoms with Gasteiger partial charge in [-0.1, -0.05) is 6.92 Å². The third-order valence-electron chi connectivity index (χ3n) is 3.31. The van der Waals surface area contributed by atoms with Crippen molar-refractivity contribution in [3.63, 3.8) is 0 Å². The van der Waals surface area contributed by atoms with E-state index in [4.69, 9.17) is 4.42 Å². The van der Waals surface area contributed by atoms with Gasteiger partial charge in [0.25, 0.3) is 0 Å². The van der Waals surface area contributed by atoms with Crippen molar-refractivity contribution in [2.45, 2.75) is 45.6 Å². The lowest BCUT2D eigenvalue weighted by Crippen LogP contribution is -2.08. The molecule has 2 aromatic rings. The first-order valence-corrected chi connectivity index (χ1v) is 6.77. The molecule has 0 saturated carbocycles. The summed E-state index contributed by atoms with van der Waals surface area (Å²) in [7, 11) is 0. The Morgan fingerprint density at radius 2 is 2.32 bits per heavy atom. The number of aryl methyl sites for hydroxylation is 1. The van der Waals surface area contributed by atoms with Gasteiger partial charge in [-0.05, 0) is 31.5 Å². The molecule has 0 fully saturated rings. The molecule has 102 valence electrons.